The van der Waals surface area contributed by atoms with Gasteiger partial charge in [-0.2, -0.15) is 0 Å². The van der Waals surface area contributed by atoms with Crippen molar-refractivity contribution in [2.24, 2.45) is 0 Å². The first-order valence-corrected chi connectivity index (χ1v) is 8.27. The molecule has 1 amide bonds. The zero-order chi connectivity index (χ0) is 18.0. The predicted octanol–water partition coefficient (Wildman–Crippen LogP) is 1.29. The first kappa shape index (κ1) is 17.3. The smallest absolute Gasteiger partial charge is 0.227 e. The van der Waals surface area contributed by atoms with Crippen LogP contribution in [0.2, 0.25) is 0 Å². The Balaban J connectivity index is 1.70. The van der Waals surface area contributed by atoms with Crippen LogP contribution in [0.3, 0.4) is 0 Å². The molecular weight excluding hydrogens is 322 g/mol. The number of aromatic nitrogens is 3. The van der Waals surface area contributed by atoms with Gasteiger partial charge in [0.05, 0.1) is 31.0 Å². The van der Waals surface area contributed by atoms with Gasteiger partial charge >= 0.3 is 0 Å². The molecule has 0 unspecified atom stereocenters. The van der Waals surface area contributed by atoms with Crippen LogP contribution in [0, 0.1) is 13.8 Å². The van der Waals surface area contributed by atoms with Crippen LogP contribution in [0.15, 0.2) is 16.8 Å². The lowest BCUT2D eigenvalue weighted by Crippen LogP contribution is -2.43. The lowest BCUT2D eigenvalue weighted by Gasteiger charge is -2.33. The minimum absolute atomic E-state index is 0.0459. The molecule has 1 aliphatic rings. The highest BCUT2D eigenvalue weighted by Gasteiger charge is 2.27. The maximum absolute atomic E-state index is 12.7. The molecule has 0 saturated carbocycles. The van der Waals surface area contributed by atoms with Crippen molar-refractivity contribution in [2.45, 2.75) is 26.4 Å². The Morgan fingerprint density at radius 3 is 2.88 bits per heavy atom. The van der Waals surface area contributed by atoms with Crippen molar-refractivity contribution in [3.05, 3.63) is 35.0 Å². The van der Waals surface area contributed by atoms with E-state index in [-0.39, 0.29) is 12.0 Å². The summed E-state index contributed by atoms with van der Waals surface area (Å²) < 4.78 is 11.0. The first-order valence-electron chi connectivity index (χ1n) is 8.27. The zero-order valence-corrected chi connectivity index (χ0v) is 15.0. The summed E-state index contributed by atoms with van der Waals surface area (Å²) in [5.74, 6) is 1.37. The molecule has 1 saturated heterocycles. The van der Waals surface area contributed by atoms with E-state index in [2.05, 4.69) is 15.1 Å². The molecular formula is C17H23N5O3. The molecule has 8 nitrogen and oxygen atoms in total. The molecule has 3 rings (SSSR count). The third-order valence-electron chi connectivity index (χ3n) is 4.32. The molecule has 1 fully saturated rings. The molecule has 0 spiro atoms. The van der Waals surface area contributed by atoms with Crippen LogP contribution in [-0.4, -0.2) is 59.7 Å². The fourth-order valence-electron chi connectivity index (χ4n) is 2.83. The second-order valence-electron chi connectivity index (χ2n) is 6.35. The number of amides is 1. The molecule has 1 aliphatic heterocycles. The van der Waals surface area contributed by atoms with E-state index in [0.29, 0.717) is 37.8 Å². The van der Waals surface area contributed by atoms with Gasteiger partial charge in [0.25, 0.3) is 0 Å². The molecule has 25 heavy (non-hydrogen) atoms. The van der Waals surface area contributed by atoms with E-state index in [4.69, 9.17) is 9.26 Å². The van der Waals surface area contributed by atoms with E-state index in [1.807, 2.05) is 43.8 Å². The summed E-state index contributed by atoms with van der Waals surface area (Å²) in [6.45, 7) is 5.22. The van der Waals surface area contributed by atoms with Gasteiger partial charge in [-0.15, -0.1) is 0 Å². The Morgan fingerprint density at radius 1 is 1.40 bits per heavy atom. The molecule has 0 bridgehead atoms. The van der Waals surface area contributed by atoms with Crippen molar-refractivity contribution in [3.63, 3.8) is 0 Å². The highest BCUT2D eigenvalue weighted by molar-refractivity contribution is 5.79. The number of anilines is 1. The SMILES string of the molecule is Cc1noc(C)c1CC(=O)N1CCO[C@@H](c2ccnc(N(C)C)n2)C1. The summed E-state index contributed by atoms with van der Waals surface area (Å²) >= 11 is 0. The number of carbonyl (C=O) groups is 1. The van der Waals surface area contributed by atoms with Crippen LogP contribution in [0.25, 0.3) is 0 Å². The monoisotopic (exact) mass is 345 g/mol. The quantitative estimate of drug-likeness (QED) is 0.825. The minimum Gasteiger partial charge on any atom is -0.368 e. The van der Waals surface area contributed by atoms with Crippen molar-refractivity contribution >= 4 is 11.9 Å². The summed E-state index contributed by atoms with van der Waals surface area (Å²) in [7, 11) is 3.78. The highest BCUT2D eigenvalue weighted by atomic mass is 16.5. The Morgan fingerprint density at radius 2 is 2.20 bits per heavy atom. The van der Waals surface area contributed by atoms with Gasteiger partial charge in [0.2, 0.25) is 11.9 Å². The average molecular weight is 345 g/mol. The topological polar surface area (TPSA) is 84.6 Å². The summed E-state index contributed by atoms with van der Waals surface area (Å²) in [5.41, 5.74) is 2.42. The van der Waals surface area contributed by atoms with Gasteiger partial charge in [0.1, 0.15) is 11.9 Å². The molecule has 2 aromatic heterocycles. The minimum atomic E-state index is -0.246. The summed E-state index contributed by atoms with van der Waals surface area (Å²) in [5, 5.41) is 3.91. The maximum Gasteiger partial charge on any atom is 0.227 e. The van der Waals surface area contributed by atoms with Gasteiger partial charge in [0.15, 0.2) is 0 Å². The van der Waals surface area contributed by atoms with Gasteiger partial charge in [-0.05, 0) is 19.9 Å². The molecule has 3 heterocycles. The summed E-state index contributed by atoms with van der Waals surface area (Å²) in [6.07, 6.45) is 1.76. The lowest BCUT2D eigenvalue weighted by atomic mass is 10.1. The third-order valence-corrected chi connectivity index (χ3v) is 4.32. The van der Waals surface area contributed by atoms with Gasteiger partial charge in [0, 0.05) is 32.4 Å². The van der Waals surface area contributed by atoms with Crippen molar-refractivity contribution in [1.82, 2.24) is 20.0 Å². The number of morpholine rings is 1. The fraction of sp³-hybridized carbons (Fsp3) is 0.529. The number of nitrogens with zero attached hydrogens (tertiary/aromatic N) is 5. The Hall–Kier alpha value is -2.48. The third kappa shape index (κ3) is 3.79. The van der Waals surface area contributed by atoms with E-state index in [9.17, 15) is 4.79 Å². The second kappa shape index (κ2) is 7.18. The van der Waals surface area contributed by atoms with Crippen LogP contribution in [-0.2, 0) is 16.0 Å². The van der Waals surface area contributed by atoms with E-state index in [1.165, 1.54) is 0 Å². The van der Waals surface area contributed by atoms with Crippen LogP contribution < -0.4 is 4.90 Å². The van der Waals surface area contributed by atoms with E-state index in [1.54, 1.807) is 6.20 Å². The predicted molar refractivity (Wildman–Crippen MR) is 91.3 cm³/mol. The molecule has 8 heteroatoms. The molecule has 0 radical (unpaired) electrons. The average Bonchev–Trinajstić information content (AvgIpc) is 2.94. The molecule has 0 aromatic carbocycles. The molecule has 1 atom stereocenters. The van der Waals surface area contributed by atoms with Crippen molar-refractivity contribution in [3.8, 4) is 0 Å². The van der Waals surface area contributed by atoms with Crippen molar-refractivity contribution in [2.75, 3.05) is 38.7 Å². The molecule has 0 aliphatic carbocycles. The summed E-state index contributed by atoms with van der Waals surface area (Å²) in [4.78, 5) is 25.1. The first-order chi connectivity index (χ1) is 12.0. The Bertz CT molecular complexity index is 739. The van der Waals surface area contributed by atoms with Crippen LogP contribution in [0.4, 0.5) is 5.95 Å². The van der Waals surface area contributed by atoms with Gasteiger partial charge in [-0.25, -0.2) is 9.97 Å². The Labute approximate surface area is 146 Å². The molecule has 134 valence electrons. The van der Waals surface area contributed by atoms with Crippen LogP contribution in [0.5, 0.6) is 0 Å². The number of hydrogen-bond acceptors (Lipinski definition) is 7. The number of ether oxygens (including phenoxy) is 1. The lowest BCUT2D eigenvalue weighted by molar-refractivity contribution is -0.138. The molecule has 0 N–H and O–H groups in total. The van der Waals surface area contributed by atoms with Crippen LogP contribution >= 0.6 is 0 Å². The summed E-state index contributed by atoms with van der Waals surface area (Å²) in [6, 6.07) is 1.83. The van der Waals surface area contributed by atoms with Crippen LogP contribution in [0.1, 0.15) is 28.8 Å². The van der Waals surface area contributed by atoms with Gasteiger partial charge in [-0.3, -0.25) is 4.79 Å². The standard InChI is InChI=1S/C17H23N5O3/c1-11-13(12(2)25-20-11)9-16(23)22-7-8-24-15(10-22)14-5-6-18-17(19-14)21(3)4/h5-6,15H,7-10H2,1-4H3/t15-/m1/s1. The maximum atomic E-state index is 12.7. The molecule has 2 aromatic rings. The normalized spacial score (nSPS) is 17.6. The number of aryl methyl sites for hydroxylation is 2. The second-order valence-corrected chi connectivity index (χ2v) is 6.35. The van der Waals surface area contributed by atoms with Gasteiger partial charge < -0.3 is 19.1 Å². The van der Waals surface area contributed by atoms with E-state index >= 15 is 0 Å². The number of hydrogen-bond donors (Lipinski definition) is 0. The largest absolute Gasteiger partial charge is 0.368 e. The highest BCUT2D eigenvalue weighted by Crippen LogP contribution is 2.23. The Kier molecular flexibility index (Phi) is 4.98. The van der Waals surface area contributed by atoms with E-state index < -0.39 is 0 Å². The van der Waals surface area contributed by atoms with Crippen molar-refractivity contribution in [1.29, 1.82) is 0 Å². The zero-order valence-electron chi connectivity index (χ0n) is 15.0. The number of carbonyl (C=O) groups excluding carboxylic acids is 1. The van der Waals surface area contributed by atoms with E-state index in [0.717, 1.165) is 17.0 Å². The fourth-order valence-corrected chi connectivity index (χ4v) is 2.83. The van der Waals surface area contributed by atoms with Crippen molar-refractivity contribution < 1.29 is 14.1 Å². The number of rotatable bonds is 4. The van der Waals surface area contributed by atoms with Gasteiger partial charge in [-0.1, -0.05) is 5.16 Å².